The number of aromatic amines is 1. The first-order chi connectivity index (χ1) is 15.3. The Morgan fingerprint density at radius 1 is 1.28 bits per heavy atom. The molecule has 0 saturated heterocycles. The fraction of sp³-hybridized carbons (Fsp3) is 0.136. The van der Waals surface area contributed by atoms with Crippen LogP contribution in [-0.2, 0) is 0 Å². The Kier molecular flexibility index (Phi) is 5.86. The molecule has 2 aromatic carbocycles. The van der Waals surface area contributed by atoms with Crippen LogP contribution in [0.3, 0.4) is 0 Å². The lowest BCUT2D eigenvalue weighted by molar-refractivity contribution is 0.0704. The molecule has 10 heteroatoms. The Morgan fingerprint density at radius 3 is 2.72 bits per heavy atom. The summed E-state index contributed by atoms with van der Waals surface area (Å²) in [6.45, 7) is 1.83. The van der Waals surface area contributed by atoms with E-state index in [4.69, 9.17) is 16.3 Å². The number of aromatic nitrogens is 2. The monoisotopic (exact) mass is 474 g/mol. The smallest absolute Gasteiger partial charge is 0.346 e. The van der Waals surface area contributed by atoms with E-state index in [1.165, 1.54) is 23.6 Å². The van der Waals surface area contributed by atoms with E-state index in [0.29, 0.717) is 12.0 Å². The van der Waals surface area contributed by atoms with E-state index >= 15 is 0 Å². The van der Waals surface area contributed by atoms with Gasteiger partial charge in [-0.2, -0.15) is 0 Å². The Morgan fingerprint density at radius 2 is 2.03 bits per heavy atom. The minimum absolute atomic E-state index is 0.0169. The molecule has 0 fully saturated rings. The van der Waals surface area contributed by atoms with Crippen LogP contribution in [-0.4, -0.2) is 20.6 Å². The maximum Gasteiger partial charge on any atom is 0.346 e. The molecule has 0 bridgehead atoms. The summed E-state index contributed by atoms with van der Waals surface area (Å²) in [5, 5.41) is 10.7. The minimum Gasteiger partial charge on any atom is -0.486 e. The van der Waals surface area contributed by atoms with E-state index in [0.717, 1.165) is 15.9 Å². The zero-order valence-corrected chi connectivity index (χ0v) is 18.2. The summed E-state index contributed by atoms with van der Waals surface area (Å²) in [5.74, 6) is -1.43. The summed E-state index contributed by atoms with van der Waals surface area (Å²) in [6.07, 6.45) is -0.152. The first-order valence-electron chi connectivity index (χ1n) is 9.52. The molecule has 2 aromatic heterocycles. The number of aromatic carboxylic acids is 1. The molecule has 0 radical (unpaired) electrons. The number of carbonyl (C=O) groups is 1. The van der Waals surface area contributed by atoms with Gasteiger partial charge >= 0.3 is 11.7 Å². The number of hydrogen-bond donors (Lipinski definition) is 2. The summed E-state index contributed by atoms with van der Waals surface area (Å²) < 4.78 is 20.9. The van der Waals surface area contributed by atoms with Gasteiger partial charge < -0.3 is 14.8 Å². The summed E-state index contributed by atoms with van der Waals surface area (Å²) in [5.41, 5.74) is -1.08. The van der Waals surface area contributed by atoms with Gasteiger partial charge in [0.05, 0.1) is 21.6 Å². The first-order valence-corrected chi connectivity index (χ1v) is 10.8. The number of H-pyrrole nitrogens is 1. The molecule has 1 unspecified atom stereocenters. The molecular weight excluding hydrogens is 459 g/mol. The van der Waals surface area contributed by atoms with Crippen LogP contribution in [0.2, 0.25) is 5.02 Å². The molecule has 2 N–H and O–H groups in total. The molecular formula is C22H16ClFN2O5S. The van der Waals surface area contributed by atoms with Crippen molar-refractivity contribution in [1.82, 2.24) is 9.55 Å². The Balaban J connectivity index is 1.83. The molecule has 4 rings (SSSR count). The van der Waals surface area contributed by atoms with Crippen LogP contribution in [0.4, 0.5) is 4.39 Å². The maximum atomic E-state index is 14.2. The molecule has 2 heterocycles. The van der Waals surface area contributed by atoms with Crippen LogP contribution >= 0.6 is 22.9 Å². The topological polar surface area (TPSA) is 101 Å². The molecule has 0 aliphatic rings. The van der Waals surface area contributed by atoms with Crippen molar-refractivity contribution in [1.29, 1.82) is 0 Å². The largest absolute Gasteiger partial charge is 0.486 e. The number of rotatable bonds is 6. The van der Waals surface area contributed by atoms with Crippen molar-refractivity contribution >= 4 is 39.8 Å². The SMILES string of the molecule is CCC(Oc1ccc(Cl)c(-n2c(=O)[nH]c3csc(C(=O)O)c3c2=O)c1)c1ccccc1F. The Bertz CT molecular complexity index is 1460. The molecule has 164 valence electrons. The molecule has 0 aliphatic carbocycles. The average molecular weight is 475 g/mol. The second-order valence-electron chi connectivity index (χ2n) is 6.88. The van der Waals surface area contributed by atoms with Crippen molar-refractivity contribution in [3.05, 3.63) is 90.0 Å². The maximum absolute atomic E-state index is 14.2. The highest BCUT2D eigenvalue weighted by Gasteiger charge is 2.21. The lowest BCUT2D eigenvalue weighted by atomic mass is 10.1. The van der Waals surface area contributed by atoms with Crippen LogP contribution in [0.15, 0.2) is 57.4 Å². The van der Waals surface area contributed by atoms with E-state index in [-0.39, 0.29) is 32.2 Å². The van der Waals surface area contributed by atoms with Crippen molar-refractivity contribution in [2.75, 3.05) is 0 Å². The molecule has 0 saturated carbocycles. The van der Waals surface area contributed by atoms with Crippen LogP contribution in [0.25, 0.3) is 16.6 Å². The van der Waals surface area contributed by atoms with Crippen molar-refractivity contribution in [2.45, 2.75) is 19.4 Å². The molecule has 0 amide bonds. The number of carboxylic acids is 1. The summed E-state index contributed by atoms with van der Waals surface area (Å²) in [4.78, 5) is 39.6. The highest BCUT2D eigenvalue weighted by molar-refractivity contribution is 7.13. The number of nitrogens with zero attached hydrogens (tertiary/aromatic N) is 1. The van der Waals surface area contributed by atoms with Gasteiger partial charge in [-0.3, -0.25) is 4.79 Å². The van der Waals surface area contributed by atoms with E-state index in [1.807, 2.05) is 6.92 Å². The molecule has 32 heavy (non-hydrogen) atoms. The number of fused-ring (bicyclic) bond motifs is 1. The van der Waals surface area contributed by atoms with Gasteiger partial charge in [-0.15, -0.1) is 11.3 Å². The summed E-state index contributed by atoms with van der Waals surface area (Å²) >= 11 is 7.11. The zero-order valence-electron chi connectivity index (χ0n) is 16.6. The normalized spacial score (nSPS) is 12.1. The van der Waals surface area contributed by atoms with Crippen molar-refractivity contribution in [3.63, 3.8) is 0 Å². The predicted octanol–water partition coefficient (Wildman–Crippen LogP) is 4.76. The number of carboxylic acid groups (broad SMARTS) is 1. The molecule has 0 aliphatic heterocycles. The van der Waals surface area contributed by atoms with Crippen LogP contribution in [0, 0.1) is 5.82 Å². The fourth-order valence-electron chi connectivity index (χ4n) is 3.42. The van der Waals surface area contributed by atoms with Crippen LogP contribution in [0.5, 0.6) is 5.75 Å². The van der Waals surface area contributed by atoms with E-state index < -0.39 is 29.1 Å². The lowest BCUT2D eigenvalue weighted by Crippen LogP contribution is -2.34. The fourth-order valence-corrected chi connectivity index (χ4v) is 4.45. The van der Waals surface area contributed by atoms with Gasteiger partial charge in [0, 0.05) is 17.0 Å². The molecule has 0 spiro atoms. The third-order valence-electron chi connectivity index (χ3n) is 4.91. The Hall–Kier alpha value is -3.43. The van der Waals surface area contributed by atoms with Gasteiger partial charge in [-0.1, -0.05) is 36.7 Å². The first kappa shape index (κ1) is 21.8. The number of thiophene rings is 1. The lowest BCUT2D eigenvalue weighted by Gasteiger charge is -2.19. The van der Waals surface area contributed by atoms with Gasteiger partial charge in [-0.25, -0.2) is 18.5 Å². The van der Waals surface area contributed by atoms with Crippen molar-refractivity contribution in [3.8, 4) is 11.4 Å². The second-order valence-corrected chi connectivity index (χ2v) is 8.17. The summed E-state index contributed by atoms with van der Waals surface area (Å²) in [6, 6.07) is 10.6. The average Bonchev–Trinajstić information content (AvgIpc) is 3.19. The quantitative estimate of drug-likeness (QED) is 0.419. The predicted molar refractivity (Wildman–Crippen MR) is 120 cm³/mol. The highest BCUT2D eigenvalue weighted by Crippen LogP contribution is 2.30. The van der Waals surface area contributed by atoms with Crippen molar-refractivity contribution in [2.24, 2.45) is 0 Å². The number of nitrogens with one attached hydrogen (secondary N) is 1. The zero-order chi connectivity index (χ0) is 23.0. The van der Waals surface area contributed by atoms with Gasteiger partial charge in [-0.05, 0) is 24.6 Å². The van der Waals surface area contributed by atoms with Crippen molar-refractivity contribution < 1.29 is 19.0 Å². The van der Waals surface area contributed by atoms with E-state index in [1.54, 1.807) is 24.3 Å². The third kappa shape index (κ3) is 3.80. The van der Waals surface area contributed by atoms with E-state index in [9.17, 15) is 23.9 Å². The second kappa shape index (κ2) is 8.60. The van der Waals surface area contributed by atoms with Crippen LogP contribution < -0.4 is 16.0 Å². The number of ether oxygens (including phenoxy) is 1. The number of hydrogen-bond acceptors (Lipinski definition) is 5. The highest BCUT2D eigenvalue weighted by atomic mass is 35.5. The number of benzene rings is 2. The van der Waals surface area contributed by atoms with E-state index in [2.05, 4.69) is 4.98 Å². The minimum atomic E-state index is -1.28. The van der Waals surface area contributed by atoms with Gasteiger partial charge in [0.25, 0.3) is 5.56 Å². The number of halogens is 2. The van der Waals surface area contributed by atoms with Gasteiger partial charge in [0.15, 0.2) is 0 Å². The molecule has 4 aromatic rings. The third-order valence-corrected chi connectivity index (χ3v) is 6.19. The van der Waals surface area contributed by atoms with Crippen LogP contribution in [0.1, 0.15) is 34.7 Å². The summed E-state index contributed by atoms with van der Waals surface area (Å²) in [7, 11) is 0. The van der Waals surface area contributed by atoms with Gasteiger partial charge in [0.2, 0.25) is 0 Å². The standard InChI is InChI=1S/C22H16ClFN2O5S/c1-2-17(12-5-3-4-6-14(12)24)31-11-7-8-13(23)16(9-11)26-20(27)18-15(25-22(26)30)10-32-19(18)21(28)29/h3-10,17H,2H2,1H3,(H,25,30)(H,28,29). The molecule has 7 nitrogen and oxygen atoms in total. The Labute approximate surface area is 189 Å². The molecule has 1 atom stereocenters. The van der Waals surface area contributed by atoms with Gasteiger partial charge in [0.1, 0.15) is 22.5 Å².